The number of nitrogens with one attached hydrogen (secondary N) is 1. The third-order valence-electron chi connectivity index (χ3n) is 7.17. The van der Waals surface area contributed by atoms with Gasteiger partial charge in [-0.2, -0.15) is 0 Å². The van der Waals surface area contributed by atoms with Crippen molar-refractivity contribution in [1.82, 2.24) is 20.3 Å². The third kappa shape index (κ3) is 5.14. The van der Waals surface area contributed by atoms with Gasteiger partial charge in [0.15, 0.2) is 11.5 Å². The molecule has 2 aliphatic rings. The van der Waals surface area contributed by atoms with Crippen LogP contribution in [0.4, 0.5) is 8.78 Å². The highest BCUT2D eigenvalue weighted by Gasteiger charge is 2.40. The van der Waals surface area contributed by atoms with E-state index in [0.717, 1.165) is 57.3 Å². The van der Waals surface area contributed by atoms with E-state index in [4.69, 9.17) is 4.52 Å². The minimum Gasteiger partial charge on any atom is -0.355 e. The van der Waals surface area contributed by atoms with E-state index in [1.165, 1.54) is 12.1 Å². The maximum Gasteiger partial charge on any atom is 0.273 e. The topological polar surface area (TPSA) is 78.7 Å². The van der Waals surface area contributed by atoms with Crippen molar-refractivity contribution in [3.05, 3.63) is 41.6 Å². The Labute approximate surface area is 198 Å². The molecule has 2 amide bonds. The minimum atomic E-state index is -0.778. The van der Waals surface area contributed by atoms with Crippen LogP contribution in [0.2, 0.25) is 0 Å². The number of aromatic nitrogens is 1. The summed E-state index contributed by atoms with van der Waals surface area (Å²) in [5.74, 6) is -1.14. The van der Waals surface area contributed by atoms with Gasteiger partial charge in [-0.15, -0.1) is 0 Å². The van der Waals surface area contributed by atoms with Crippen LogP contribution in [-0.2, 0) is 4.79 Å². The Morgan fingerprint density at radius 1 is 1.24 bits per heavy atom. The SMILES string of the molecule is CC[C@@H]1C[C@@H](NC(=O)c2cc(-c3ccc(F)cc3F)on2)C[C@@H]1N1CCCC(C(=O)N(C)C)C1. The summed E-state index contributed by atoms with van der Waals surface area (Å²) in [4.78, 5) is 29.4. The lowest BCUT2D eigenvalue weighted by Crippen LogP contribution is -2.48. The molecule has 2 aromatic rings. The molecular formula is C25H32F2N4O3. The summed E-state index contributed by atoms with van der Waals surface area (Å²) >= 11 is 0. The number of amides is 2. The molecule has 0 spiro atoms. The summed E-state index contributed by atoms with van der Waals surface area (Å²) in [6.45, 7) is 3.89. The van der Waals surface area contributed by atoms with Crippen LogP contribution in [0.15, 0.2) is 28.8 Å². The lowest BCUT2D eigenvalue weighted by Gasteiger charge is -2.39. The smallest absolute Gasteiger partial charge is 0.273 e. The van der Waals surface area contributed by atoms with Gasteiger partial charge in [0.1, 0.15) is 11.6 Å². The first-order valence-corrected chi connectivity index (χ1v) is 11.9. The Bertz CT molecular complexity index is 1040. The van der Waals surface area contributed by atoms with Crippen LogP contribution in [0.25, 0.3) is 11.3 Å². The van der Waals surface area contributed by atoms with Gasteiger partial charge in [0.25, 0.3) is 5.91 Å². The Hall–Kier alpha value is -2.81. The number of nitrogens with zero attached hydrogens (tertiary/aromatic N) is 3. The van der Waals surface area contributed by atoms with Crippen LogP contribution >= 0.6 is 0 Å². The van der Waals surface area contributed by atoms with Crippen molar-refractivity contribution in [2.75, 3.05) is 27.2 Å². The molecule has 9 heteroatoms. The fourth-order valence-electron chi connectivity index (χ4n) is 5.44. The van der Waals surface area contributed by atoms with Crippen molar-refractivity contribution in [2.24, 2.45) is 11.8 Å². The molecule has 4 rings (SSSR count). The summed E-state index contributed by atoms with van der Waals surface area (Å²) < 4.78 is 32.4. The molecule has 2 fully saturated rings. The molecule has 184 valence electrons. The Morgan fingerprint density at radius 3 is 2.74 bits per heavy atom. The second kappa shape index (κ2) is 10.2. The van der Waals surface area contributed by atoms with Crippen LogP contribution in [-0.4, -0.2) is 66.0 Å². The zero-order valence-corrected chi connectivity index (χ0v) is 19.9. The van der Waals surface area contributed by atoms with Crippen LogP contribution in [0, 0.1) is 23.5 Å². The molecule has 1 N–H and O–H groups in total. The van der Waals surface area contributed by atoms with E-state index in [-0.39, 0.29) is 40.8 Å². The number of piperidine rings is 1. The van der Waals surface area contributed by atoms with E-state index in [1.54, 1.807) is 19.0 Å². The lowest BCUT2D eigenvalue weighted by atomic mass is 9.92. The molecule has 1 saturated heterocycles. The quantitative estimate of drug-likeness (QED) is 0.691. The highest BCUT2D eigenvalue weighted by Crippen LogP contribution is 2.35. The molecule has 1 aliphatic heterocycles. The number of hydrogen-bond donors (Lipinski definition) is 1. The van der Waals surface area contributed by atoms with Crippen LogP contribution in [0.5, 0.6) is 0 Å². The second-order valence-corrected chi connectivity index (χ2v) is 9.64. The van der Waals surface area contributed by atoms with Crippen LogP contribution < -0.4 is 5.32 Å². The predicted octanol–water partition coefficient (Wildman–Crippen LogP) is 3.71. The predicted molar refractivity (Wildman–Crippen MR) is 123 cm³/mol. The van der Waals surface area contributed by atoms with Gasteiger partial charge < -0.3 is 14.7 Å². The standard InChI is InChI=1S/C25H32F2N4O3/c1-4-15-10-18(12-22(15)31-9-5-6-16(14-31)25(33)30(2)3)28-24(32)21-13-23(34-29-21)19-8-7-17(26)11-20(19)27/h7-8,11,13,15-16,18,22H,4-6,9-10,12,14H2,1-3H3,(H,28,32)/t15-,16?,18-,22+/m1/s1. The molecule has 2 heterocycles. The molecule has 0 bridgehead atoms. The first kappa shape index (κ1) is 24.3. The number of halogens is 2. The average molecular weight is 475 g/mol. The minimum absolute atomic E-state index is 0.0184. The Kier molecular flexibility index (Phi) is 7.30. The maximum atomic E-state index is 14.0. The molecule has 1 aliphatic carbocycles. The van der Waals surface area contributed by atoms with Crippen molar-refractivity contribution in [3.63, 3.8) is 0 Å². The molecule has 0 radical (unpaired) electrons. The zero-order chi connectivity index (χ0) is 24.4. The number of benzene rings is 1. The molecule has 1 saturated carbocycles. The number of carbonyl (C=O) groups excluding carboxylic acids is 2. The van der Waals surface area contributed by atoms with Crippen molar-refractivity contribution >= 4 is 11.8 Å². The van der Waals surface area contributed by atoms with E-state index in [2.05, 4.69) is 22.3 Å². The largest absolute Gasteiger partial charge is 0.355 e. The van der Waals surface area contributed by atoms with E-state index in [9.17, 15) is 18.4 Å². The van der Waals surface area contributed by atoms with Crippen molar-refractivity contribution < 1.29 is 22.9 Å². The Morgan fingerprint density at radius 2 is 2.03 bits per heavy atom. The summed E-state index contributed by atoms with van der Waals surface area (Å²) in [5, 5.41) is 6.84. The summed E-state index contributed by atoms with van der Waals surface area (Å²) in [7, 11) is 3.61. The van der Waals surface area contributed by atoms with Gasteiger partial charge in [-0.25, -0.2) is 8.78 Å². The monoisotopic (exact) mass is 474 g/mol. The number of hydrogen-bond acceptors (Lipinski definition) is 5. The van der Waals surface area contributed by atoms with Gasteiger partial charge >= 0.3 is 0 Å². The first-order valence-electron chi connectivity index (χ1n) is 11.9. The van der Waals surface area contributed by atoms with Crippen molar-refractivity contribution in [2.45, 2.75) is 51.1 Å². The lowest BCUT2D eigenvalue weighted by molar-refractivity contribution is -0.135. The number of likely N-dealkylation sites (tertiary alicyclic amines) is 1. The van der Waals surface area contributed by atoms with E-state index < -0.39 is 11.6 Å². The Balaban J connectivity index is 1.40. The van der Waals surface area contributed by atoms with Gasteiger partial charge in [-0.05, 0) is 50.3 Å². The van der Waals surface area contributed by atoms with Crippen LogP contribution in [0.1, 0.15) is 49.5 Å². The summed E-state index contributed by atoms with van der Waals surface area (Å²) in [6, 6.07) is 4.81. The second-order valence-electron chi connectivity index (χ2n) is 9.64. The molecule has 1 unspecified atom stereocenters. The maximum absolute atomic E-state index is 14.0. The highest BCUT2D eigenvalue weighted by molar-refractivity contribution is 5.93. The third-order valence-corrected chi connectivity index (χ3v) is 7.17. The van der Waals surface area contributed by atoms with Gasteiger partial charge in [0.05, 0.1) is 11.5 Å². The van der Waals surface area contributed by atoms with Gasteiger partial charge in [-0.1, -0.05) is 18.5 Å². The first-order chi connectivity index (χ1) is 16.3. The van der Waals surface area contributed by atoms with Crippen LogP contribution in [0.3, 0.4) is 0 Å². The fraction of sp³-hybridized carbons (Fsp3) is 0.560. The molecule has 34 heavy (non-hydrogen) atoms. The summed E-state index contributed by atoms with van der Waals surface area (Å²) in [5.41, 5.74) is 0.108. The van der Waals surface area contributed by atoms with E-state index in [1.807, 2.05) is 0 Å². The molecule has 4 atom stereocenters. The number of rotatable bonds is 6. The molecule has 1 aromatic carbocycles. The number of carbonyl (C=O) groups is 2. The van der Waals surface area contributed by atoms with E-state index >= 15 is 0 Å². The van der Waals surface area contributed by atoms with Gasteiger partial charge in [0.2, 0.25) is 5.91 Å². The van der Waals surface area contributed by atoms with Gasteiger partial charge in [0, 0.05) is 44.9 Å². The normalized spacial score (nSPS) is 25.3. The fourth-order valence-corrected chi connectivity index (χ4v) is 5.44. The average Bonchev–Trinajstić information content (AvgIpc) is 3.46. The van der Waals surface area contributed by atoms with Gasteiger partial charge in [-0.3, -0.25) is 14.5 Å². The molecule has 7 nitrogen and oxygen atoms in total. The van der Waals surface area contributed by atoms with E-state index in [0.29, 0.717) is 12.0 Å². The molecule has 1 aromatic heterocycles. The zero-order valence-electron chi connectivity index (χ0n) is 19.9. The van der Waals surface area contributed by atoms with Crippen molar-refractivity contribution in [1.29, 1.82) is 0 Å². The van der Waals surface area contributed by atoms with Crippen molar-refractivity contribution in [3.8, 4) is 11.3 Å². The summed E-state index contributed by atoms with van der Waals surface area (Å²) in [6.07, 6.45) is 4.57. The molecular weight excluding hydrogens is 442 g/mol. The highest BCUT2D eigenvalue weighted by atomic mass is 19.1.